The highest BCUT2D eigenvalue weighted by atomic mass is 79.9. The van der Waals surface area contributed by atoms with Gasteiger partial charge >= 0.3 is 0 Å². The molecule has 0 unspecified atom stereocenters. The number of carbonyl (C=O) groups is 3. The first-order valence-corrected chi connectivity index (χ1v) is 12.8. The van der Waals surface area contributed by atoms with Gasteiger partial charge in [-0.1, -0.05) is 67.2 Å². The zero-order chi connectivity index (χ0) is 24.7. The van der Waals surface area contributed by atoms with Crippen molar-refractivity contribution < 1.29 is 19.3 Å². The molecule has 34 heavy (non-hydrogen) atoms. The summed E-state index contributed by atoms with van der Waals surface area (Å²) in [4.78, 5) is 51.0. The van der Waals surface area contributed by atoms with Crippen molar-refractivity contribution in [2.75, 3.05) is 0 Å². The molecule has 178 valence electrons. The molecule has 2 aliphatic rings. The Balaban J connectivity index is 1.75. The van der Waals surface area contributed by atoms with E-state index in [1.807, 2.05) is 0 Å². The second-order valence-electron chi connectivity index (χ2n) is 8.11. The zero-order valence-corrected chi connectivity index (χ0v) is 22.1. The van der Waals surface area contributed by atoms with Crippen LogP contribution in [0, 0.1) is 22.0 Å². The van der Waals surface area contributed by atoms with Crippen molar-refractivity contribution in [1.29, 1.82) is 0 Å². The van der Waals surface area contributed by atoms with E-state index in [2.05, 4.69) is 31.9 Å². The summed E-state index contributed by atoms with van der Waals surface area (Å²) in [5.41, 5.74) is 0.135. The van der Waals surface area contributed by atoms with Crippen LogP contribution in [0.4, 0.5) is 5.69 Å². The van der Waals surface area contributed by atoms with Crippen LogP contribution in [0.2, 0.25) is 10.0 Å². The third-order valence-corrected chi connectivity index (χ3v) is 9.32. The Labute approximate surface area is 221 Å². The molecule has 1 aliphatic carbocycles. The molecule has 0 spiro atoms. The second kappa shape index (κ2) is 9.93. The molecule has 0 N–H and O–H groups in total. The van der Waals surface area contributed by atoms with Crippen molar-refractivity contribution in [3.63, 3.8) is 0 Å². The molecule has 8 nitrogen and oxygen atoms in total. The quantitative estimate of drug-likeness (QED) is 0.190. The van der Waals surface area contributed by atoms with Gasteiger partial charge in [-0.2, -0.15) is 5.01 Å². The van der Waals surface area contributed by atoms with E-state index in [4.69, 9.17) is 23.2 Å². The van der Waals surface area contributed by atoms with E-state index in [9.17, 15) is 24.5 Å². The predicted octanol–water partition coefficient (Wildman–Crippen LogP) is 5.38. The number of nitro benzene ring substituents is 1. The lowest BCUT2D eigenvalue weighted by atomic mass is 9.81. The fourth-order valence-corrected chi connectivity index (χ4v) is 5.97. The lowest BCUT2D eigenvalue weighted by molar-refractivity contribution is -0.384. The molecule has 1 aliphatic heterocycles. The number of imide groups is 1. The number of non-ortho nitro benzene ring substituents is 1. The van der Waals surface area contributed by atoms with Crippen molar-refractivity contribution in [2.45, 2.75) is 29.0 Å². The molecular formula is C22H17Br2Cl2N3O5. The minimum absolute atomic E-state index is 0.00270. The van der Waals surface area contributed by atoms with Gasteiger partial charge in [-0.15, -0.1) is 0 Å². The van der Waals surface area contributed by atoms with Gasteiger partial charge in [0.2, 0.25) is 0 Å². The topological polar surface area (TPSA) is 101 Å². The number of rotatable bonds is 5. The molecule has 0 radical (unpaired) electrons. The van der Waals surface area contributed by atoms with Gasteiger partial charge in [0.15, 0.2) is 0 Å². The van der Waals surface area contributed by atoms with Crippen LogP contribution in [0.3, 0.4) is 0 Å². The normalized spacial score (nSPS) is 24.2. The number of fused-ring (bicyclic) bond motifs is 1. The summed E-state index contributed by atoms with van der Waals surface area (Å²) in [5, 5.41) is 13.8. The number of hydrogen-bond donors (Lipinski definition) is 0. The van der Waals surface area contributed by atoms with Crippen molar-refractivity contribution in [2.24, 2.45) is 11.8 Å². The Kier molecular flexibility index (Phi) is 7.33. The number of halogens is 4. The number of hydrogen-bond acceptors (Lipinski definition) is 5. The Morgan fingerprint density at radius 3 is 2.24 bits per heavy atom. The largest absolute Gasteiger partial charge is 0.273 e. The Hall–Kier alpha value is -2.01. The number of nitro groups is 1. The maximum Gasteiger partial charge on any atom is 0.273 e. The number of hydrazine groups is 1. The van der Waals surface area contributed by atoms with Crippen LogP contribution in [-0.2, 0) is 16.1 Å². The molecule has 1 saturated heterocycles. The summed E-state index contributed by atoms with van der Waals surface area (Å²) in [6.45, 7) is -0.204. The molecule has 0 bridgehead atoms. The maximum absolute atomic E-state index is 13.6. The molecule has 0 aromatic heterocycles. The lowest BCUT2D eigenvalue weighted by Crippen LogP contribution is -2.49. The van der Waals surface area contributed by atoms with Crippen LogP contribution in [0.25, 0.3) is 0 Å². The Bertz CT molecular complexity index is 1170. The smallest absolute Gasteiger partial charge is 0.272 e. The number of nitrogens with zero attached hydrogens (tertiary/aromatic N) is 3. The third-order valence-electron chi connectivity index (χ3n) is 6.00. The van der Waals surface area contributed by atoms with E-state index < -0.39 is 34.5 Å². The SMILES string of the molecule is O=C(c1cccc([N+](=O)[O-])c1)N(Cc1ccc(Cl)cc1Cl)N1C(=O)[C@H]2C[C@@H](Br)[C@@H](Br)C[C@H]2C1=O. The van der Waals surface area contributed by atoms with Crippen LogP contribution in [0.1, 0.15) is 28.8 Å². The van der Waals surface area contributed by atoms with Gasteiger partial charge in [0, 0.05) is 37.4 Å². The number of amides is 3. The van der Waals surface area contributed by atoms with Crippen molar-refractivity contribution in [3.8, 4) is 0 Å². The summed E-state index contributed by atoms with van der Waals surface area (Å²) < 4.78 is 0. The summed E-state index contributed by atoms with van der Waals surface area (Å²) >= 11 is 19.4. The first-order chi connectivity index (χ1) is 16.1. The molecule has 2 aromatic rings. The van der Waals surface area contributed by atoms with Gasteiger partial charge in [-0.05, 0) is 36.6 Å². The summed E-state index contributed by atoms with van der Waals surface area (Å²) in [6.07, 6.45) is 0.865. The van der Waals surface area contributed by atoms with Gasteiger partial charge in [-0.25, -0.2) is 5.01 Å². The minimum Gasteiger partial charge on any atom is -0.272 e. The highest BCUT2D eigenvalue weighted by Crippen LogP contribution is 2.44. The fraction of sp³-hybridized carbons (Fsp3) is 0.318. The monoisotopic (exact) mass is 631 g/mol. The van der Waals surface area contributed by atoms with Crippen LogP contribution in [0.5, 0.6) is 0 Å². The van der Waals surface area contributed by atoms with Crippen molar-refractivity contribution >= 4 is 78.5 Å². The van der Waals surface area contributed by atoms with Gasteiger partial charge in [-0.3, -0.25) is 24.5 Å². The first-order valence-electron chi connectivity index (χ1n) is 10.2. The Morgan fingerprint density at radius 2 is 1.68 bits per heavy atom. The van der Waals surface area contributed by atoms with Crippen LogP contribution >= 0.6 is 55.1 Å². The molecule has 4 rings (SSSR count). The van der Waals surface area contributed by atoms with Crippen molar-refractivity contribution in [1.82, 2.24) is 10.0 Å². The van der Waals surface area contributed by atoms with E-state index in [1.165, 1.54) is 24.3 Å². The molecule has 2 fully saturated rings. The van der Waals surface area contributed by atoms with Crippen LogP contribution in [-0.4, -0.2) is 42.3 Å². The van der Waals surface area contributed by atoms with Gasteiger partial charge in [0.1, 0.15) is 0 Å². The predicted molar refractivity (Wildman–Crippen MR) is 133 cm³/mol. The molecule has 2 aromatic carbocycles. The molecule has 3 amide bonds. The average Bonchev–Trinajstić information content (AvgIpc) is 3.02. The standard InChI is InChI=1S/C22H17Br2Cl2N3O5/c23-17-8-15-16(9-18(17)24)22(32)28(21(15)31)27(10-12-4-5-13(25)7-19(12)26)20(30)11-2-1-3-14(6-11)29(33)34/h1-7,15-18H,8-10H2/t15-,16+,17+,18-. The highest BCUT2D eigenvalue weighted by Gasteiger charge is 2.54. The average molecular weight is 634 g/mol. The molecular weight excluding hydrogens is 617 g/mol. The number of carbonyl (C=O) groups excluding carboxylic acids is 3. The van der Waals surface area contributed by atoms with E-state index >= 15 is 0 Å². The third kappa shape index (κ3) is 4.73. The van der Waals surface area contributed by atoms with Crippen molar-refractivity contribution in [3.05, 3.63) is 73.8 Å². The van der Waals surface area contributed by atoms with Crippen LogP contribution < -0.4 is 0 Å². The van der Waals surface area contributed by atoms with E-state index in [-0.39, 0.29) is 32.5 Å². The van der Waals surface area contributed by atoms with Gasteiger partial charge < -0.3 is 0 Å². The van der Waals surface area contributed by atoms with Gasteiger partial charge in [0.25, 0.3) is 23.4 Å². The highest BCUT2D eigenvalue weighted by molar-refractivity contribution is 9.12. The summed E-state index contributed by atoms with van der Waals surface area (Å²) in [7, 11) is 0. The number of benzene rings is 2. The summed E-state index contributed by atoms with van der Waals surface area (Å²) in [5.74, 6) is -2.86. The van der Waals surface area contributed by atoms with E-state index in [0.717, 1.165) is 16.1 Å². The fourth-order valence-electron chi connectivity index (χ4n) is 4.26. The number of alkyl halides is 2. The maximum atomic E-state index is 13.6. The Morgan fingerprint density at radius 1 is 1.06 bits per heavy atom. The summed E-state index contributed by atoms with van der Waals surface area (Å²) in [6, 6.07) is 9.80. The minimum atomic E-state index is -0.735. The molecule has 1 heterocycles. The second-order valence-corrected chi connectivity index (χ2v) is 11.3. The molecule has 12 heteroatoms. The van der Waals surface area contributed by atoms with E-state index in [0.29, 0.717) is 23.4 Å². The lowest BCUT2D eigenvalue weighted by Gasteiger charge is -2.31. The molecule has 4 atom stereocenters. The van der Waals surface area contributed by atoms with E-state index in [1.54, 1.807) is 12.1 Å². The first kappa shape index (κ1) is 25.1. The van der Waals surface area contributed by atoms with Gasteiger partial charge in [0.05, 0.1) is 23.3 Å². The van der Waals surface area contributed by atoms with Crippen LogP contribution in [0.15, 0.2) is 42.5 Å². The zero-order valence-electron chi connectivity index (χ0n) is 17.4. The molecule has 1 saturated carbocycles.